The summed E-state index contributed by atoms with van der Waals surface area (Å²) in [5, 5.41) is 8.96. The van der Waals surface area contributed by atoms with Gasteiger partial charge >= 0.3 is 5.97 Å². The van der Waals surface area contributed by atoms with Crippen molar-refractivity contribution in [2.45, 2.75) is 18.1 Å². The summed E-state index contributed by atoms with van der Waals surface area (Å²) in [5.41, 5.74) is 0.457. The van der Waals surface area contributed by atoms with E-state index in [9.17, 15) is 13.2 Å². The van der Waals surface area contributed by atoms with Crippen molar-refractivity contribution in [2.24, 2.45) is 0 Å². The van der Waals surface area contributed by atoms with Crippen LogP contribution in [-0.4, -0.2) is 50.6 Å². The van der Waals surface area contributed by atoms with Gasteiger partial charge in [0.1, 0.15) is 9.09 Å². The number of rotatable bonds is 7. The molecule has 1 rings (SSSR count). The number of nitrogens with zero attached hydrogens (tertiary/aromatic N) is 1. The van der Waals surface area contributed by atoms with Crippen LogP contribution in [0.2, 0.25) is 0 Å². The first-order chi connectivity index (χ1) is 8.84. The molecule has 0 aliphatic carbocycles. The highest BCUT2D eigenvalue weighted by Gasteiger charge is 2.27. The van der Waals surface area contributed by atoms with Gasteiger partial charge in [0.05, 0.1) is 6.61 Å². The van der Waals surface area contributed by atoms with E-state index in [1.54, 1.807) is 13.8 Å². The number of aromatic carboxylic acids is 1. The molecule has 8 heteroatoms. The molecule has 0 saturated carbocycles. The third-order valence-corrected chi connectivity index (χ3v) is 6.23. The maximum atomic E-state index is 12.3. The van der Waals surface area contributed by atoms with Crippen LogP contribution in [0.3, 0.4) is 0 Å². The van der Waals surface area contributed by atoms with Crippen LogP contribution in [0.5, 0.6) is 0 Å². The predicted molar refractivity (Wildman–Crippen MR) is 72.3 cm³/mol. The number of hydrogen-bond acceptors (Lipinski definition) is 5. The molecule has 0 aliphatic rings. The zero-order valence-corrected chi connectivity index (χ0v) is 12.7. The van der Waals surface area contributed by atoms with Gasteiger partial charge in [-0.3, -0.25) is 0 Å². The molecule has 0 spiro atoms. The Morgan fingerprint density at radius 3 is 2.58 bits per heavy atom. The number of hydrogen-bond donors (Lipinski definition) is 1. The van der Waals surface area contributed by atoms with E-state index in [1.807, 2.05) is 0 Å². The zero-order chi connectivity index (χ0) is 14.6. The summed E-state index contributed by atoms with van der Waals surface area (Å²) in [7, 11) is -2.15. The Hall–Kier alpha value is -0.960. The number of ether oxygens (including phenoxy) is 1. The van der Waals surface area contributed by atoms with Gasteiger partial charge in [0, 0.05) is 20.2 Å². The van der Waals surface area contributed by atoms with E-state index in [4.69, 9.17) is 9.84 Å². The van der Waals surface area contributed by atoms with Crippen molar-refractivity contribution < 1.29 is 23.1 Å². The lowest BCUT2D eigenvalue weighted by molar-refractivity contribution is 0.0701. The number of aryl methyl sites for hydroxylation is 1. The van der Waals surface area contributed by atoms with Crippen molar-refractivity contribution in [1.29, 1.82) is 0 Å². The van der Waals surface area contributed by atoms with Gasteiger partial charge in [-0.15, -0.1) is 11.3 Å². The van der Waals surface area contributed by atoms with Crippen molar-refractivity contribution in [3.63, 3.8) is 0 Å². The maximum absolute atomic E-state index is 12.3. The van der Waals surface area contributed by atoms with Gasteiger partial charge in [0.25, 0.3) is 10.0 Å². The van der Waals surface area contributed by atoms with Crippen molar-refractivity contribution in [1.82, 2.24) is 4.31 Å². The molecule has 0 fully saturated rings. The molecule has 0 aliphatic heterocycles. The summed E-state index contributed by atoms with van der Waals surface area (Å²) in [5.74, 6) is -1.11. The molecular formula is C11H17NO5S2. The second-order valence-corrected chi connectivity index (χ2v) is 7.09. The summed E-state index contributed by atoms with van der Waals surface area (Å²) in [6.07, 6.45) is 0. The Kier molecular flexibility index (Phi) is 5.48. The molecule has 0 bridgehead atoms. The fourth-order valence-electron chi connectivity index (χ4n) is 1.56. The fourth-order valence-corrected chi connectivity index (χ4v) is 4.53. The second-order valence-electron chi connectivity index (χ2n) is 3.87. The van der Waals surface area contributed by atoms with Gasteiger partial charge in [-0.25, -0.2) is 13.2 Å². The SMILES string of the molecule is CCN(CCOC)S(=O)(=O)c1cc(C)c(C(=O)O)s1. The third-order valence-electron chi connectivity index (χ3n) is 2.58. The number of thiophene rings is 1. The number of carboxylic acids is 1. The van der Waals surface area contributed by atoms with Crippen LogP contribution in [0.25, 0.3) is 0 Å². The quantitative estimate of drug-likeness (QED) is 0.823. The molecule has 1 heterocycles. The standard InChI is InChI=1S/C11H17NO5S2/c1-4-12(5-6-17-3)19(15,16)9-7-8(2)10(18-9)11(13)14/h7H,4-6H2,1-3H3,(H,13,14). The normalized spacial score (nSPS) is 12.0. The van der Waals surface area contributed by atoms with Gasteiger partial charge in [-0.2, -0.15) is 4.31 Å². The van der Waals surface area contributed by atoms with Crippen molar-refractivity contribution in [3.8, 4) is 0 Å². The fraction of sp³-hybridized carbons (Fsp3) is 0.545. The molecule has 0 amide bonds. The molecule has 0 radical (unpaired) electrons. The Labute approximate surface area is 116 Å². The van der Waals surface area contributed by atoms with E-state index in [0.29, 0.717) is 18.7 Å². The van der Waals surface area contributed by atoms with Crippen molar-refractivity contribution in [3.05, 3.63) is 16.5 Å². The highest BCUT2D eigenvalue weighted by Crippen LogP contribution is 2.28. The number of sulfonamides is 1. The molecule has 108 valence electrons. The van der Waals surface area contributed by atoms with E-state index in [-0.39, 0.29) is 15.6 Å². The average Bonchev–Trinajstić information content (AvgIpc) is 2.73. The lowest BCUT2D eigenvalue weighted by Gasteiger charge is -2.18. The van der Waals surface area contributed by atoms with E-state index in [1.165, 1.54) is 17.5 Å². The summed E-state index contributed by atoms with van der Waals surface area (Å²) in [6.45, 7) is 4.17. The minimum absolute atomic E-state index is 0.0559. The summed E-state index contributed by atoms with van der Waals surface area (Å²) >= 11 is 0.782. The number of likely N-dealkylation sites (N-methyl/N-ethyl adjacent to an activating group) is 1. The smallest absolute Gasteiger partial charge is 0.346 e. The maximum Gasteiger partial charge on any atom is 0.346 e. The molecule has 19 heavy (non-hydrogen) atoms. The first kappa shape index (κ1) is 16.1. The number of carboxylic acid groups (broad SMARTS) is 1. The Bertz CT molecular complexity index is 549. The van der Waals surface area contributed by atoms with Crippen LogP contribution in [0.15, 0.2) is 10.3 Å². The van der Waals surface area contributed by atoms with Crippen LogP contribution in [0.1, 0.15) is 22.2 Å². The molecule has 0 aromatic carbocycles. The monoisotopic (exact) mass is 307 g/mol. The lowest BCUT2D eigenvalue weighted by Crippen LogP contribution is -2.33. The van der Waals surface area contributed by atoms with Crippen LogP contribution < -0.4 is 0 Å². The minimum Gasteiger partial charge on any atom is -0.477 e. The highest BCUT2D eigenvalue weighted by molar-refractivity contribution is 7.91. The third kappa shape index (κ3) is 3.53. The van der Waals surface area contributed by atoms with E-state index in [2.05, 4.69) is 0 Å². The van der Waals surface area contributed by atoms with Crippen LogP contribution in [-0.2, 0) is 14.8 Å². The van der Waals surface area contributed by atoms with Crippen molar-refractivity contribution >= 4 is 27.3 Å². The molecule has 0 saturated heterocycles. The summed E-state index contributed by atoms with van der Waals surface area (Å²) in [6, 6.07) is 1.40. The molecule has 0 atom stereocenters. The first-order valence-electron chi connectivity index (χ1n) is 5.67. The van der Waals surface area contributed by atoms with Crippen LogP contribution in [0.4, 0.5) is 0 Å². The second kappa shape index (κ2) is 6.47. The van der Waals surface area contributed by atoms with E-state index in [0.717, 1.165) is 11.3 Å². The van der Waals surface area contributed by atoms with Crippen molar-refractivity contribution in [2.75, 3.05) is 26.8 Å². The average molecular weight is 307 g/mol. The van der Waals surface area contributed by atoms with Gasteiger partial charge in [0.15, 0.2) is 0 Å². The molecule has 0 unspecified atom stereocenters. The number of carbonyl (C=O) groups is 1. The summed E-state index contributed by atoms with van der Waals surface area (Å²) in [4.78, 5) is 11.0. The zero-order valence-electron chi connectivity index (χ0n) is 11.0. The summed E-state index contributed by atoms with van der Waals surface area (Å²) < 4.78 is 30.9. The molecular weight excluding hydrogens is 290 g/mol. The molecule has 1 aromatic heterocycles. The van der Waals surface area contributed by atoms with Crippen LogP contribution in [0, 0.1) is 6.92 Å². The Morgan fingerprint density at radius 1 is 1.53 bits per heavy atom. The van der Waals surface area contributed by atoms with Gasteiger partial charge in [-0.1, -0.05) is 6.92 Å². The molecule has 6 nitrogen and oxygen atoms in total. The highest BCUT2D eigenvalue weighted by atomic mass is 32.2. The van der Waals surface area contributed by atoms with Gasteiger partial charge < -0.3 is 9.84 Å². The topological polar surface area (TPSA) is 83.9 Å². The Balaban J connectivity index is 3.11. The lowest BCUT2D eigenvalue weighted by atomic mass is 10.3. The van der Waals surface area contributed by atoms with Gasteiger partial charge in [0.2, 0.25) is 0 Å². The largest absolute Gasteiger partial charge is 0.477 e. The molecule has 1 aromatic rings. The van der Waals surface area contributed by atoms with Gasteiger partial charge in [-0.05, 0) is 18.6 Å². The van der Waals surface area contributed by atoms with E-state index < -0.39 is 16.0 Å². The van der Waals surface area contributed by atoms with Crippen LogP contribution >= 0.6 is 11.3 Å². The number of methoxy groups -OCH3 is 1. The Morgan fingerprint density at radius 2 is 2.16 bits per heavy atom. The van der Waals surface area contributed by atoms with E-state index >= 15 is 0 Å². The first-order valence-corrected chi connectivity index (χ1v) is 7.93. The molecule has 1 N–H and O–H groups in total. The minimum atomic E-state index is -3.65. The predicted octanol–water partition coefficient (Wildman–Crippen LogP) is 1.41.